The average Bonchev–Trinajstić information content (AvgIpc) is 2.67. The van der Waals surface area contributed by atoms with Crippen LogP contribution in [0, 0.1) is 0 Å². The first-order valence-corrected chi connectivity index (χ1v) is 14.0. The predicted molar refractivity (Wildman–Crippen MR) is 123 cm³/mol. The molecule has 0 aliphatic heterocycles. The van der Waals surface area contributed by atoms with Crippen LogP contribution in [-0.4, -0.2) is 29.4 Å². The minimum atomic E-state index is -4.13. The van der Waals surface area contributed by atoms with Crippen molar-refractivity contribution in [2.75, 3.05) is 0 Å². The molecule has 0 radical (unpaired) electrons. The van der Waals surface area contributed by atoms with Crippen LogP contribution in [0.3, 0.4) is 0 Å². The zero-order valence-corrected chi connectivity index (χ0v) is 24.3. The van der Waals surface area contributed by atoms with Crippen LogP contribution in [0.5, 0.6) is 0 Å². The van der Waals surface area contributed by atoms with Gasteiger partial charge in [0, 0.05) is 5.25 Å². The van der Waals surface area contributed by atoms with E-state index in [0.717, 1.165) is 51.4 Å². The second-order valence-corrected chi connectivity index (χ2v) is 10.5. The molecular weight excluding hydrogens is 423 g/mol. The summed E-state index contributed by atoms with van der Waals surface area (Å²) in [5.74, 6) is 0. The van der Waals surface area contributed by atoms with Gasteiger partial charge >= 0.3 is 51.4 Å². The van der Waals surface area contributed by atoms with Crippen molar-refractivity contribution in [2.24, 2.45) is 0 Å². The van der Waals surface area contributed by atoms with E-state index in [2.05, 4.69) is 6.92 Å². The van der Waals surface area contributed by atoms with Gasteiger partial charge in [0.25, 0.3) is 0 Å². The summed E-state index contributed by atoms with van der Waals surface area (Å²) < 4.78 is 33.1. The molecule has 0 fully saturated rings. The number of aliphatic hydroxyl groups is 1. The Balaban J connectivity index is 0. The van der Waals surface area contributed by atoms with Gasteiger partial charge in [-0.2, -0.15) is 0 Å². The second-order valence-electron chi connectivity index (χ2n) is 8.85. The molecule has 0 aliphatic carbocycles. The molecule has 2 atom stereocenters. The molecule has 4 nitrogen and oxygen atoms in total. The normalized spacial score (nSPS) is 13.7. The third-order valence-electron chi connectivity index (χ3n) is 6.07. The smallest absolute Gasteiger partial charge is 0.748 e. The van der Waals surface area contributed by atoms with Crippen LogP contribution in [0.1, 0.15) is 142 Å². The summed E-state index contributed by atoms with van der Waals surface area (Å²) in [6.45, 7) is 4.02. The van der Waals surface area contributed by atoms with Crippen molar-refractivity contribution in [3.63, 3.8) is 0 Å². The zero-order chi connectivity index (χ0) is 21.8. The first-order valence-electron chi connectivity index (χ1n) is 12.5. The Morgan fingerprint density at radius 1 is 0.633 bits per heavy atom. The predicted octanol–water partition coefficient (Wildman–Crippen LogP) is 4.11. The fraction of sp³-hybridized carbons (Fsp3) is 1.00. The summed E-state index contributed by atoms with van der Waals surface area (Å²) in [4.78, 5) is 0. The van der Waals surface area contributed by atoms with Gasteiger partial charge < -0.3 is 9.66 Å². The van der Waals surface area contributed by atoms with Gasteiger partial charge in [0.15, 0.2) is 0 Å². The van der Waals surface area contributed by atoms with Gasteiger partial charge in [-0.15, -0.1) is 0 Å². The van der Waals surface area contributed by atoms with Gasteiger partial charge in [0.05, 0.1) is 16.2 Å². The van der Waals surface area contributed by atoms with Crippen molar-refractivity contribution < 1.29 is 69.5 Å². The maximum absolute atomic E-state index is 11.0. The van der Waals surface area contributed by atoms with E-state index in [9.17, 15) is 18.1 Å². The molecule has 0 saturated heterocycles. The molecule has 0 saturated carbocycles. The largest absolute Gasteiger partial charge is 1.00 e. The monoisotopic (exact) mass is 472 g/mol. The van der Waals surface area contributed by atoms with E-state index in [-0.39, 0.29) is 57.5 Å². The zero-order valence-electron chi connectivity index (χ0n) is 20.4. The maximum atomic E-state index is 11.0. The molecule has 6 heteroatoms. The molecule has 0 heterocycles. The SMILES string of the molecule is CCCCCCCCCCCCCC(O)CCCCCCCC(CC)S(=O)(=O)[O-].[K+]. The number of aliphatic hydroxyl groups excluding tert-OH is 1. The van der Waals surface area contributed by atoms with Gasteiger partial charge in [0.1, 0.15) is 0 Å². The topological polar surface area (TPSA) is 77.4 Å². The summed E-state index contributed by atoms with van der Waals surface area (Å²) in [5, 5.41) is 9.38. The van der Waals surface area contributed by atoms with Crippen molar-refractivity contribution in [3.8, 4) is 0 Å². The molecule has 0 aromatic rings. The number of unbranched alkanes of at least 4 members (excludes halogenated alkanes) is 14. The third kappa shape index (κ3) is 22.7. The second kappa shape index (κ2) is 23.7. The molecule has 0 bridgehead atoms. The minimum absolute atomic E-state index is 0. The quantitative estimate of drug-likeness (QED) is 0.146. The minimum Gasteiger partial charge on any atom is -0.748 e. The van der Waals surface area contributed by atoms with Crippen LogP contribution in [-0.2, 0) is 10.1 Å². The standard InChI is InChI=1S/C24H50O4S.K/c1-3-5-6-7-8-9-10-11-12-14-17-20-23(25)21-18-15-13-16-19-22-24(4-2)29(26,27)28;/h23-25H,3-22H2,1-2H3,(H,26,27,28);/q;+1/p-1. The van der Waals surface area contributed by atoms with E-state index in [4.69, 9.17) is 0 Å². The van der Waals surface area contributed by atoms with E-state index >= 15 is 0 Å². The van der Waals surface area contributed by atoms with Gasteiger partial charge in [-0.1, -0.05) is 117 Å². The molecular formula is C24H49KO4S. The number of rotatable bonds is 22. The molecule has 30 heavy (non-hydrogen) atoms. The molecule has 0 aromatic carbocycles. The Morgan fingerprint density at radius 3 is 1.30 bits per heavy atom. The Bertz CT molecular complexity index is 442. The van der Waals surface area contributed by atoms with Crippen LogP contribution < -0.4 is 51.4 Å². The Morgan fingerprint density at radius 2 is 0.967 bits per heavy atom. The van der Waals surface area contributed by atoms with Gasteiger partial charge in [-0.3, -0.25) is 0 Å². The van der Waals surface area contributed by atoms with E-state index in [1.807, 2.05) is 0 Å². The van der Waals surface area contributed by atoms with Crippen LogP contribution >= 0.6 is 0 Å². The first kappa shape index (κ1) is 33.7. The van der Waals surface area contributed by atoms with E-state index in [0.29, 0.717) is 12.8 Å². The van der Waals surface area contributed by atoms with Crippen molar-refractivity contribution in [2.45, 2.75) is 154 Å². The summed E-state index contributed by atoms with van der Waals surface area (Å²) in [6, 6.07) is 0. The van der Waals surface area contributed by atoms with Crippen molar-refractivity contribution in [1.82, 2.24) is 0 Å². The maximum Gasteiger partial charge on any atom is 1.00 e. The third-order valence-corrected chi connectivity index (χ3v) is 7.45. The molecule has 176 valence electrons. The van der Waals surface area contributed by atoms with Crippen LogP contribution in [0.2, 0.25) is 0 Å². The Kier molecular flexibility index (Phi) is 26.6. The molecule has 0 aromatic heterocycles. The molecule has 1 N–H and O–H groups in total. The Labute approximate surface area is 230 Å². The van der Waals surface area contributed by atoms with Gasteiger partial charge in [0.2, 0.25) is 0 Å². The fourth-order valence-electron chi connectivity index (χ4n) is 4.02. The number of hydrogen-bond acceptors (Lipinski definition) is 4. The van der Waals surface area contributed by atoms with Crippen molar-refractivity contribution >= 4 is 10.1 Å². The first-order chi connectivity index (χ1) is 13.9. The van der Waals surface area contributed by atoms with Gasteiger partial charge in [-0.25, -0.2) is 8.42 Å². The van der Waals surface area contributed by atoms with Crippen LogP contribution in [0.25, 0.3) is 0 Å². The van der Waals surface area contributed by atoms with E-state index in [1.54, 1.807) is 6.92 Å². The molecule has 0 spiro atoms. The van der Waals surface area contributed by atoms with Crippen molar-refractivity contribution in [3.05, 3.63) is 0 Å². The summed E-state index contributed by atoms with van der Waals surface area (Å²) in [7, 11) is -4.13. The van der Waals surface area contributed by atoms with Crippen LogP contribution in [0.15, 0.2) is 0 Å². The average molecular weight is 473 g/mol. The molecule has 0 aliphatic rings. The van der Waals surface area contributed by atoms with E-state index < -0.39 is 15.4 Å². The molecule has 2 unspecified atom stereocenters. The fourth-order valence-corrected chi connectivity index (χ4v) is 4.89. The summed E-state index contributed by atoms with van der Waals surface area (Å²) >= 11 is 0. The summed E-state index contributed by atoms with van der Waals surface area (Å²) in [6.07, 6.45) is 22.2. The summed E-state index contributed by atoms with van der Waals surface area (Å²) in [5.41, 5.74) is 0. The van der Waals surface area contributed by atoms with Crippen molar-refractivity contribution in [1.29, 1.82) is 0 Å². The number of hydrogen-bond donors (Lipinski definition) is 1. The van der Waals surface area contributed by atoms with Gasteiger partial charge in [-0.05, 0) is 25.7 Å². The van der Waals surface area contributed by atoms with E-state index in [1.165, 1.54) is 64.2 Å². The van der Waals surface area contributed by atoms with Crippen LogP contribution in [0.4, 0.5) is 0 Å². The molecule has 0 rings (SSSR count). The molecule has 0 amide bonds. The Hall–Kier alpha value is 1.51.